The Bertz CT molecular complexity index is 273. The largest absolute Gasteiger partial charge is 0.464 e. The van der Waals surface area contributed by atoms with Crippen LogP contribution in [0.5, 0.6) is 0 Å². The maximum absolute atomic E-state index is 11.5. The lowest BCUT2D eigenvalue weighted by Gasteiger charge is -2.18. The summed E-state index contributed by atoms with van der Waals surface area (Å²) in [4.78, 5) is 33.4. The number of hydrogen-bond acceptors (Lipinski definition) is 4. The molecule has 0 heterocycles. The molecule has 0 fully saturated rings. The average Bonchev–Trinajstić information content (AvgIpc) is 2.16. The molecule has 0 aromatic carbocycles. The van der Waals surface area contributed by atoms with E-state index < -0.39 is 23.7 Å². The van der Waals surface area contributed by atoms with Gasteiger partial charge in [0.05, 0.1) is 6.61 Å². The molecule has 1 N–H and O–H groups in total. The van der Waals surface area contributed by atoms with E-state index in [0.717, 1.165) is 6.92 Å². The Hall–Kier alpha value is -1.39. The molecule has 0 aromatic heterocycles. The summed E-state index contributed by atoms with van der Waals surface area (Å²) in [6, 6.07) is -0.739. The number of hydrogen-bond donors (Lipinski definition) is 1. The average molecular weight is 229 g/mol. The van der Waals surface area contributed by atoms with E-state index in [1.807, 2.05) is 13.8 Å². The summed E-state index contributed by atoms with van der Waals surface area (Å²) in [7, 11) is 0. The number of ketones is 1. The molecule has 5 heteroatoms. The lowest BCUT2D eigenvalue weighted by molar-refractivity contribution is -0.148. The van der Waals surface area contributed by atoms with Crippen LogP contribution in [0, 0.1) is 5.92 Å². The molecular weight excluding hydrogens is 210 g/mol. The van der Waals surface area contributed by atoms with Gasteiger partial charge in [0.25, 0.3) is 5.91 Å². The Morgan fingerprint density at radius 2 is 1.81 bits per heavy atom. The summed E-state index contributed by atoms with van der Waals surface area (Å²) < 4.78 is 4.82. The fourth-order valence-corrected chi connectivity index (χ4v) is 1.19. The van der Waals surface area contributed by atoms with Gasteiger partial charge in [-0.3, -0.25) is 9.59 Å². The summed E-state index contributed by atoms with van der Waals surface area (Å²) in [6.45, 7) is 6.95. The molecule has 0 aromatic rings. The number of carbonyl (C=O) groups is 3. The van der Waals surface area contributed by atoms with E-state index in [1.165, 1.54) is 0 Å². The Balaban J connectivity index is 4.48. The number of ether oxygens (including phenoxy) is 1. The maximum Gasteiger partial charge on any atom is 0.328 e. The summed E-state index contributed by atoms with van der Waals surface area (Å²) in [5, 5.41) is 2.37. The Morgan fingerprint density at radius 1 is 1.25 bits per heavy atom. The van der Waals surface area contributed by atoms with E-state index in [9.17, 15) is 14.4 Å². The molecule has 92 valence electrons. The van der Waals surface area contributed by atoms with Gasteiger partial charge in [-0.05, 0) is 19.3 Å². The normalized spacial score (nSPS) is 12.1. The Morgan fingerprint density at radius 3 is 2.19 bits per heavy atom. The molecule has 5 nitrogen and oxygen atoms in total. The number of carbonyl (C=O) groups excluding carboxylic acids is 3. The van der Waals surface area contributed by atoms with Gasteiger partial charge in [0.2, 0.25) is 5.78 Å². The number of amides is 1. The van der Waals surface area contributed by atoms with Crippen LogP contribution >= 0.6 is 0 Å². The van der Waals surface area contributed by atoms with Crippen molar-refractivity contribution in [2.75, 3.05) is 6.61 Å². The van der Waals surface area contributed by atoms with E-state index in [1.54, 1.807) is 6.92 Å². The zero-order valence-electron chi connectivity index (χ0n) is 10.2. The molecule has 0 saturated heterocycles. The van der Waals surface area contributed by atoms with E-state index in [4.69, 9.17) is 4.74 Å². The highest BCUT2D eigenvalue weighted by molar-refractivity contribution is 6.35. The minimum Gasteiger partial charge on any atom is -0.464 e. The molecule has 0 spiro atoms. The SMILES string of the molecule is CCOC(=O)C(CC(C)C)NC(=O)C(C)=O. The molecule has 1 amide bonds. The second-order valence-corrected chi connectivity index (χ2v) is 3.96. The number of Topliss-reactive ketones (excluding diaryl/α,β-unsaturated/α-hetero) is 1. The van der Waals surface area contributed by atoms with Crippen molar-refractivity contribution in [2.24, 2.45) is 5.92 Å². The summed E-state index contributed by atoms with van der Waals surface area (Å²) in [5.74, 6) is -1.63. The van der Waals surface area contributed by atoms with Gasteiger partial charge >= 0.3 is 5.97 Å². The first-order valence-electron chi connectivity index (χ1n) is 5.36. The van der Waals surface area contributed by atoms with Gasteiger partial charge in [-0.15, -0.1) is 0 Å². The van der Waals surface area contributed by atoms with E-state index in [-0.39, 0.29) is 12.5 Å². The molecule has 0 rings (SSSR count). The molecule has 0 radical (unpaired) electrons. The van der Waals surface area contributed by atoms with Crippen LogP contribution < -0.4 is 5.32 Å². The monoisotopic (exact) mass is 229 g/mol. The van der Waals surface area contributed by atoms with Crippen LogP contribution in [0.15, 0.2) is 0 Å². The van der Waals surface area contributed by atoms with Gasteiger partial charge in [0.1, 0.15) is 6.04 Å². The van der Waals surface area contributed by atoms with Crippen molar-refractivity contribution >= 4 is 17.7 Å². The smallest absolute Gasteiger partial charge is 0.328 e. The third-order valence-electron chi connectivity index (χ3n) is 1.90. The van der Waals surface area contributed by atoms with E-state index >= 15 is 0 Å². The van der Waals surface area contributed by atoms with Gasteiger partial charge in [0.15, 0.2) is 0 Å². The quantitative estimate of drug-likeness (QED) is 0.536. The van der Waals surface area contributed by atoms with Crippen molar-refractivity contribution in [3.8, 4) is 0 Å². The Kier molecular flexibility index (Phi) is 6.37. The topological polar surface area (TPSA) is 72.5 Å². The molecule has 1 unspecified atom stereocenters. The van der Waals surface area contributed by atoms with Crippen LogP contribution in [0.25, 0.3) is 0 Å². The van der Waals surface area contributed by atoms with Crippen molar-refractivity contribution in [2.45, 2.75) is 40.2 Å². The van der Waals surface area contributed by atoms with E-state index in [0.29, 0.717) is 6.42 Å². The van der Waals surface area contributed by atoms with Crippen LogP contribution in [-0.2, 0) is 19.1 Å². The minimum absolute atomic E-state index is 0.224. The highest BCUT2D eigenvalue weighted by Gasteiger charge is 2.24. The zero-order chi connectivity index (χ0) is 12.7. The van der Waals surface area contributed by atoms with Crippen molar-refractivity contribution in [3.63, 3.8) is 0 Å². The van der Waals surface area contributed by atoms with Crippen molar-refractivity contribution in [3.05, 3.63) is 0 Å². The molecule has 0 aliphatic carbocycles. The van der Waals surface area contributed by atoms with Crippen LogP contribution in [0.2, 0.25) is 0 Å². The third kappa shape index (κ3) is 5.48. The second-order valence-electron chi connectivity index (χ2n) is 3.96. The first-order valence-corrected chi connectivity index (χ1v) is 5.36. The molecule has 0 bridgehead atoms. The standard InChI is InChI=1S/C11H19NO4/c1-5-16-11(15)9(6-7(2)3)12-10(14)8(4)13/h7,9H,5-6H2,1-4H3,(H,12,14). The number of rotatable bonds is 6. The van der Waals surface area contributed by atoms with Crippen molar-refractivity contribution in [1.82, 2.24) is 5.32 Å². The second kappa shape index (κ2) is 6.98. The van der Waals surface area contributed by atoms with Gasteiger partial charge in [-0.2, -0.15) is 0 Å². The molecule has 0 saturated carbocycles. The molecular formula is C11H19NO4. The van der Waals surface area contributed by atoms with Crippen molar-refractivity contribution in [1.29, 1.82) is 0 Å². The summed E-state index contributed by atoms with van der Waals surface area (Å²) >= 11 is 0. The first-order chi connectivity index (χ1) is 7.38. The van der Waals surface area contributed by atoms with E-state index in [2.05, 4.69) is 5.32 Å². The summed E-state index contributed by atoms with van der Waals surface area (Å²) in [6.07, 6.45) is 0.456. The molecule has 1 atom stereocenters. The highest BCUT2D eigenvalue weighted by atomic mass is 16.5. The Labute approximate surface area is 95.5 Å². The lowest BCUT2D eigenvalue weighted by atomic mass is 10.0. The fourth-order valence-electron chi connectivity index (χ4n) is 1.19. The van der Waals surface area contributed by atoms with Crippen LogP contribution in [0.1, 0.15) is 34.1 Å². The van der Waals surface area contributed by atoms with Crippen LogP contribution in [-0.4, -0.2) is 30.3 Å². The third-order valence-corrected chi connectivity index (χ3v) is 1.90. The predicted molar refractivity (Wildman–Crippen MR) is 58.7 cm³/mol. The minimum atomic E-state index is -0.751. The summed E-state index contributed by atoms with van der Waals surface area (Å²) in [5.41, 5.74) is 0. The lowest BCUT2D eigenvalue weighted by Crippen LogP contribution is -2.44. The first kappa shape index (κ1) is 14.6. The van der Waals surface area contributed by atoms with Crippen LogP contribution in [0.4, 0.5) is 0 Å². The van der Waals surface area contributed by atoms with Gasteiger partial charge in [0, 0.05) is 6.92 Å². The van der Waals surface area contributed by atoms with Crippen LogP contribution in [0.3, 0.4) is 0 Å². The van der Waals surface area contributed by atoms with Gasteiger partial charge < -0.3 is 10.1 Å². The van der Waals surface area contributed by atoms with Crippen molar-refractivity contribution < 1.29 is 19.1 Å². The molecule has 16 heavy (non-hydrogen) atoms. The van der Waals surface area contributed by atoms with Gasteiger partial charge in [-0.25, -0.2) is 4.79 Å². The fraction of sp³-hybridized carbons (Fsp3) is 0.727. The maximum atomic E-state index is 11.5. The van der Waals surface area contributed by atoms with Gasteiger partial charge in [-0.1, -0.05) is 13.8 Å². The zero-order valence-corrected chi connectivity index (χ0v) is 10.2. The highest BCUT2D eigenvalue weighted by Crippen LogP contribution is 2.06. The number of esters is 1. The number of nitrogens with one attached hydrogen (secondary N) is 1. The molecule has 0 aliphatic rings. The predicted octanol–water partition coefficient (Wildman–Crippen LogP) is 0.669. The molecule has 0 aliphatic heterocycles.